The summed E-state index contributed by atoms with van der Waals surface area (Å²) >= 11 is 0. The second kappa shape index (κ2) is 5.37. The fourth-order valence-electron chi connectivity index (χ4n) is 3.17. The summed E-state index contributed by atoms with van der Waals surface area (Å²) in [7, 11) is 0. The largest absolute Gasteiger partial charge is 0.309 e. The van der Waals surface area contributed by atoms with Crippen molar-refractivity contribution in [2.24, 2.45) is 0 Å². The van der Waals surface area contributed by atoms with E-state index in [1.165, 1.54) is 5.56 Å². The van der Waals surface area contributed by atoms with Gasteiger partial charge in [-0.1, -0.05) is 55.5 Å². The first-order valence-corrected chi connectivity index (χ1v) is 7.31. The fraction of sp³-hybridized carbons (Fsp3) is 0.333. The van der Waals surface area contributed by atoms with E-state index in [4.69, 9.17) is 0 Å². The van der Waals surface area contributed by atoms with Crippen molar-refractivity contribution in [3.05, 3.63) is 71.5 Å². The number of rotatable bonds is 5. The van der Waals surface area contributed by atoms with Gasteiger partial charge in [0.15, 0.2) is 0 Å². The normalized spacial score (nSPS) is 17.7. The highest BCUT2D eigenvalue weighted by Gasteiger charge is 2.51. The maximum Gasteiger partial charge on any atom is 0.128 e. The quantitative estimate of drug-likeness (QED) is 0.857. The number of hydrogen-bond acceptors (Lipinski definition) is 1. The van der Waals surface area contributed by atoms with Gasteiger partial charge in [-0.2, -0.15) is 0 Å². The van der Waals surface area contributed by atoms with Crippen LogP contribution in [0, 0.1) is 5.82 Å². The lowest BCUT2D eigenvalue weighted by Gasteiger charge is -2.29. The predicted octanol–water partition coefficient (Wildman–Crippen LogP) is 4.21. The van der Waals surface area contributed by atoms with Crippen molar-refractivity contribution in [2.75, 3.05) is 6.54 Å². The molecule has 3 rings (SSSR count). The van der Waals surface area contributed by atoms with Crippen molar-refractivity contribution >= 4 is 0 Å². The van der Waals surface area contributed by atoms with Crippen molar-refractivity contribution in [1.82, 2.24) is 5.32 Å². The zero-order chi connectivity index (χ0) is 14.0. The molecule has 1 atom stereocenters. The van der Waals surface area contributed by atoms with Crippen LogP contribution in [-0.4, -0.2) is 6.54 Å². The zero-order valence-corrected chi connectivity index (χ0v) is 11.8. The Morgan fingerprint density at radius 1 is 1.05 bits per heavy atom. The molecule has 1 N–H and O–H groups in total. The summed E-state index contributed by atoms with van der Waals surface area (Å²) in [5.74, 6) is -0.111. The summed E-state index contributed by atoms with van der Waals surface area (Å²) in [5.41, 5.74) is 2.16. The summed E-state index contributed by atoms with van der Waals surface area (Å²) in [6.45, 7) is 2.92. The Bertz CT molecular complexity index is 575. The first-order chi connectivity index (χ1) is 9.78. The minimum atomic E-state index is -0.111. The average molecular weight is 269 g/mol. The first kappa shape index (κ1) is 13.3. The highest BCUT2D eigenvalue weighted by Crippen LogP contribution is 2.56. The molecule has 0 spiro atoms. The molecule has 1 nitrogen and oxygen atoms in total. The molecule has 1 fully saturated rings. The van der Waals surface area contributed by atoms with Crippen LogP contribution >= 0.6 is 0 Å². The molecule has 2 aromatic carbocycles. The van der Waals surface area contributed by atoms with Crippen LogP contribution in [0.25, 0.3) is 0 Å². The third-order valence-electron chi connectivity index (χ3n) is 4.31. The van der Waals surface area contributed by atoms with Crippen LogP contribution in [0.5, 0.6) is 0 Å². The smallest absolute Gasteiger partial charge is 0.128 e. The Morgan fingerprint density at radius 3 is 2.30 bits per heavy atom. The van der Waals surface area contributed by atoms with Gasteiger partial charge in [-0.05, 0) is 31.0 Å². The van der Waals surface area contributed by atoms with Gasteiger partial charge in [0.1, 0.15) is 5.82 Å². The number of halogens is 1. The molecule has 1 saturated carbocycles. The number of hydrogen-bond donors (Lipinski definition) is 1. The molecule has 0 heterocycles. The third kappa shape index (κ3) is 2.25. The van der Waals surface area contributed by atoms with Crippen LogP contribution in [-0.2, 0) is 5.41 Å². The molecule has 0 saturated heterocycles. The Morgan fingerprint density at radius 2 is 1.70 bits per heavy atom. The molecule has 0 aromatic heterocycles. The van der Waals surface area contributed by atoms with Crippen molar-refractivity contribution in [3.63, 3.8) is 0 Å². The molecule has 0 amide bonds. The zero-order valence-electron chi connectivity index (χ0n) is 11.8. The van der Waals surface area contributed by atoms with Crippen LogP contribution in [0.15, 0.2) is 54.6 Å². The van der Waals surface area contributed by atoms with Gasteiger partial charge < -0.3 is 5.32 Å². The predicted molar refractivity (Wildman–Crippen MR) is 80.2 cm³/mol. The van der Waals surface area contributed by atoms with Gasteiger partial charge in [-0.3, -0.25) is 0 Å². The highest BCUT2D eigenvalue weighted by molar-refractivity contribution is 5.38. The Balaban J connectivity index is 2.02. The van der Waals surface area contributed by atoms with Gasteiger partial charge in [0.25, 0.3) is 0 Å². The van der Waals surface area contributed by atoms with Crippen molar-refractivity contribution < 1.29 is 4.39 Å². The summed E-state index contributed by atoms with van der Waals surface area (Å²) in [5, 5.41) is 3.50. The van der Waals surface area contributed by atoms with E-state index in [1.54, 1.807) is 12.1 Å². The maximum absolute atomic E-state index is 14.2. The van der Waals surface area contributed by atoms with Gasteiger partial charge >= 0.3 is 0 Å². The molecular weight excluding hydrogens is 249 g/mol. The van der Waals surface area contributed by atoms with Crippen LogP contribution in [0.2, 0.25) is 0 Å². The van der Waals surface area contributed by atoms with Gasteiger partial charge in [-0.25, -0.2) is 4.39 Å². The maximum atomic E-state index is 14.2. The lowest BCUT2D eigenvalue weighted by atomic mass is 9.83. The molecule has 0 aliphatic heterocycles. The van der Waals surface area contributed by atoms with E-state index in [0.29, 0.717) is 0 Å². The molecule has 1 unspecified atom stereocenters. The van der Waals surface area contributed by atoms with E-state index in [1.807, 2.05) is 18.2 Å². The monoisotopic (exact) mass is 269 g/mol. The first-order valence-electron chi connectivity index (χ1n) is 7.31. The van der Waals surface area contributed by atoms with Crippen LogP contribution in [0.1, 0.15) is 36.9 Å². The average Bonchev–Trinajstić information content (AvgIpc) is 3.28. The topological polar surface area (TPSA) is 12.0 Å². The van der Waals surface area contributed by atoms with Crippen molar-refractivity contribution in [2.45, 2.75) is 31.2 Å². The molecule has 20 heavy (non-hydrogen) atoms. The van der Waals surface area contributed by atoms with Gasteiger partial charge in [0.2, 0.25) is 0 Å². The van der Waals surface area contributed by atoms with Gasteiger partial charge in [0.05, 0.1) is 0 Å². The lowest BCUT2D eigenvalue weighted by molar-refractivity contribution is 0.421. The second-order valence-electron chi connectivity index (χ2n) is 5.53. The molecule has 2 heteroatoms. The summed E-state index contributed by atoms with van der Waals surface area (Å²) in [4.78, 5) is 0. The minimum Gasteiger partial charge on any atom is -0.309 e. The van der Waals surface area contributed by atoms with E-state index >= 15 is 0 Å². The van der Waals surface area contributed by atoms with Gasteiger partial charge in [-0.15, -0.1) is 0 Å². The summed E-state index contributed by atoms with van der Waals surface area (Å²) < 4.78 is 14.2. The molecular formula is C18H20FN. The summed E-state index contributed by atoms with van der Waals surface area (Å²) in [6, 6.07) is 17.7. The van der Waals surface area contributed by atoms with Crippen LogP contribution in [0.4, 0.5) is 4.39 Å². The van der Waals surface area contributed by atoms with Crippen molar-refractivity contribution in [3.8, 4) is 0 Å². The SMILES string of the molecule is CCNC(c1ccccc1F)C1(c2ccccc2)CC1. The van der Waals surface area contributed by atoms with Crippen LogP contribution < -0.4 is 5.32 Å². The van der Waals surface area contributed by atoms with E-state index in [9.17, 15) is 4.39 Å². The molecule has 0 bridgehead atoms. The Kier molecular flexibility index (Phi) is 3.58. The van der Waals surface area contributed by atoms with Crippen molar-refractivity contribution in [1.29, 1.82) is 0 Å². The molecule has 1 aliphatic rings. The van der Waals surface area contributed by atoms with E-state index < -0.39 is 0 Å². The molecule has 1 aliphatic carbocycles. The fourth-order valence-corrected chi connectivity index (χ4v) is 3.17. The van der Waals surface area contributed by atoms with Gasteiger partial charge in [0, 0.05) is 17.0 Å². The number of likely N-dealkylation sites (N-methyl/N-ethyl adjacent to an activating group) is 1. The number of benzene rings is 2. The Hall–Kier alpha value is -1.67. The second-order valence-corrected chi connectivity index (χ2v) is 5.53. The molecule has 104 valence electrons. The minimum absolute atomic E-state index is 0.0519. The summed E-state index contributed by atoms with van der Waals surface area (Å²) in [6.07, 6.45) is 2.23. The Labute approximate surface area is 119 Å². The van der Waals surface area contributed by atoms with E-state index in [-0.39, 0.29) is 17.3 Å². The standard InChI is InChI=1S/C18H20FN/c1-2-20-17(15-10-6-7-11-16(15)19)18(12-13-18)14-8-4-3-5-9-14/h3-11,17,20H,2,12-13H2,1H3. The third-order valence-corrected chi connectivity index (χ3v) is 4.31. The van der Waals surface area contributed by atoms with E-state index in [0.717, 1.165) is 24.9 Å². The molecule has 0 radical (unpaired) electrons. The lowest BCUT2D eigenvalue weighted by Crippen LogP contribution is -2.32. The van der Waals surface area contributed by atoms with E-state index in [2.05, 4.69) is 36.5 Å². The number of nitrogens with one attached hydrogen (secondary N) is 1. The van der Waals surface area contributed by atoms with Crippen LogP contribution in [0.3, 0.4) is 0 Å². The highest BCUT2D eigenvalue weighted by atomic mass is 19.1. The molecule has 2 aromatic rings.